The lowest BCUT2D eigenvalue weighted by Gasteiger charge is -2.35. The van der Waals surface area contributed by atoms with Crippen molar-refractivity contribution < 1.29 is 0 Å². The van der Waals surface area contributed by atoms with Crippen LogP contribution >= 0.6 is 7.92 Å². The Balaban J connectivity index is 1.66. The molecule has 0 spiro atoms. The molecule has 158 valence electrons. The summed E-state index contributed by atoms with van der Waals surface area (Å²) in [6.07, 6.45) is 17.4. The summed E-state index contributed by atoms with van der Waals surface area (Å²) in [5.74, 6) is 0. The molecule has 1 heterocycles. The number of rotatable bonds is 4. The van der Waals surface area contributed by atoms with Crippen molar-refractivity contribution in [2.75, 3.05) is 0 Å². The Morgan fingerprint density at radius 2 is 1.13 bits per heavy atom. The fraction of sp³-hybridized carbons (Fsp3) is 0.500. The van der Waals surface area contributed by atoms with Crippen molar-refractivity contribution in [3.8, 4) is 5.69 Å². The molecule has 30 heavy (non-hydrogen) atoms. The summed E-state index contributed by atoms with van der Waals surface area (Å²) < 4.78 is 2.65. The molecule has 1 aromatic heterocycles. The van der Waals surface area contributed by atoms with E-state index in [-0.39, 0.29) is 7.92 Å². The summed E-state index contributed by atoms with van der Waals surface area (Å²) in [7, 11) is -0.154. The maximum atomic E-state index is 2.65. The summed E-state index contributed by atoms with van der Waals surface area (Å²) in [5.41, 5.74) is 6.24. The molecule has 0 atom stereocenters. The van der Waals surface area contributed by atoms with Crippen molar-refractivity contribution >= 4 is 24.3 Å². The normalized spacial score (nSPS) is 19.8. The zero-order valence-corrected chi connectivity index (χ0v) is 19.2. The first-order valence-electron chi connectivity index (χ1n) is 12.4. The Hall–Kier alpha value is -1.59. The van der Waals surface area contributed by atoms with Gasteiger partial charge in [0.1, 0.15) is 0 Å². The lowest BCUT2D eigenvalue weighted by molar-refractivity contribution is 0.668. The van der Waals surface area contributed by atoms with Gasteiger partial charge in [0.2, 0.25) is 0 Å². The first kappa shape index (κ1) is 20.3. The van der Waals surface area contributed by atoms with E-state index in [0.717, 1.165) is 11.3 Å². The van der Waals surface area contributed by atoms with Crippen LogP contribution < -0.4 is 5.44 Å². The van der Waals surface area contributed by atoms with Crippen LogP contribution in [0.5, 0.6) is 0 Å². The quantitative estimate of drug-likeness (QED) is 0.298. The van der Waals surface area contributed by atoms with E-state index >= 15 is 0 Å². The second-order valence-electron chi connectivity index (χ2n) is 9.43. The van der Waals surface area contributed by atoms with Crippen LogP contribution in [0.25, 0.3) is 16.6 Å². The van der Waals surface area contributed by atoms with Gasteiger partial charge < -0.3 is 4.57 Å². The van der Waals surface area contributed by atoms with E-state index in [2.05, 4.69) is 65.2 Å². The summed E-state index contributed by atoms with van der Waals surface area (Å²) in [6.45, 7) is 0. The fourth-order valence-electron chi connectivity index (χ4n) is 5.92. The summed E-state index contributed by atoms with van der Waals surface area (Å²) >= 11 is 0. The monoisotopic (exact) mass is 417 g/mol. The number of fused-ring (bicyclic) bond motifs is 1. The van der Waals surface area contributed by atoms with Crippen LogP contribution in [0, 0.1) is 0 Å². The second kappa shape index (κ2) is 9.69. The number of nitrogens with zero attached hydrogens (tertiary/aromatic N) is 1. The molecule has 2 heteroatoms. The van der Waals surface area contributed by atoms with E-state index in [9.17, 15) is 0 Å². The van der Waals surface area contributed by atoms with Crippen LogP contribution in [0.4, 0.5) is 0 Å². The summed E-state index contributed by atoms with van der Waals surface area (Å²) in [5, 5.41) is 1.42. The Bertz CT molecular complexity index is 908. The molecule has 2 aromatic carbocycles. The average molecular weight is 418 g/mol. The molecule has 3 aromatic rings. The molecule has 0 aliphatic heterocycles. The number of aromatic nitrogens is 1. The van der Waals surface area contributed by atoms with Gasteiger partial charge in [0.25, 0.3) is 0 Å². The van der Waals surface area contributed by atoms with Gasteiger partial charge in [-0.05, 0) is 61.3 Å². The van der Waals surface area contributed by atoms with Crippen LogP contribution in [0.2, 0.25) is 0 Å². The number of hydrogen-bond donors (Lipinski definition) is 0. The van der Waals surface area contributed by atoms with Gasteiger partial charge >= 0.3 is 0 Å². The molecule has 2 aliphatic carbocycles. The molecular weight excluding hydrogens is 381 g/mol. The molecule has 0 unspecified atom stereocenters. The van der Waals surface area contributed by atoms with Crippen molar-refractivity contribution in [1.82, 2.24) is 4.57 Å². The number of benzene rings is 2. The fourth-order valence-corrected chi connectivity index (χ4v) is 9.85. The number of para-hydroxylation sites is 2. The Morgan fingerprint density at radius 3 is 1.73 bits per heavy atom. The molecule has 0 N–H and O–H groups in total. The van der Waals surface area contributed by atoms with Crippen molar-refractivity contribution in [2.24, 2.45) is 0 Å². The van der Waals surface area contributed by atoms with E-state index < -0.39 is 0 Å². The van der Waals surface area contributed by atoms with Gasteiger partial charge in [-0.15, -0.1) is 0 Å². The summed E-state index contributed by atoms with van der Waals surface area (Å²) in [6, 6.07) is 22.8. The third-order valence-corrected chi connectivity index (χ3v) is 10.9. The molecular formula is C28H36NP. The predicted octanol–water partition coefficient (Wildman–Crippen LogP) is 8.18. The zero-order valence-electron chi connectivity index (χ0n) is 18.3. The third-order valence-electron chi connectivity index (χ3n) is 7.41. The summed E-state index contributed by atoms with van der Waals surface area (Å²) in [4.78, 5) is 0. The minimum absolute atomic E-state index is 0.154. The molecule has 0 saturated heterocycles. The van der Waals surface area contributed by atoms with Crippen LogP contribution in [0.3, 0.4) is 0 Å². The van der Waals surface area contributed by atoms with Gasteiger partial charge in [0.15, 0.2) is 0 Å². The van der Waals surface area contributed by atoms with Gasteiger partial charge in [0.05, 0.1) is 5.52 Å². The van der Waals surface area contributed by atoms with E-state index in [1.807, 2.05) is 0 Å². The molecule has 1 nitrogen and oxygen atoms in total. The highest BCUT2D eigenvalue weighted by Crippen LogP contribution is 2.55. The topological polar surface area (TPSA) is 4.93 Å². The molecule has 2 saturated carbocycles. The smallest absolute Gasteiger partial charge is 0.0535 e. The third kappa shape index (κ3) is 4.24. The largest absolute Gasteiger partial charge is 0.310 e. The van der Waals surface area contributed by atoms with Gasteiger partial charge in [-0.3, -0.25) is 0 Å². The second-order valence-corrected chi connectivity index (χ2v) is 12.2. The standard InChI is InChI=1S/C28H36NP/c1-2-9-18-25(17-8-1)30(26-19-10-3-4-11-20-26)28-22-23-14-12-13-21-27(23)29(28)24-15-6-5-7-16-24/h5-7,12-16,21-22,25-26H,1-4,8-11,17-20H2. The maximum Gasteiger partial charge on any atom is 0.0535 e. The zero-order chi connectivity index (χ0) is 20.2. The van der Waals surface area contributed by atoms with Crippen molar-refractivity contribution in [3.05, 3.63) is 60.7 Å². The van der Waals surface area contributed by atoms with Crippen LogP contribution in [-0.2, 0) is 0 Å². The van der Waals surface area contributed by atoms with Gasteiger partial charge in [0, 0.05) is 16.5 Å². The van der Waals surface area contributed by atoms with Crippen molar-refractivity contribution in [2.45, 2.75) is 88.4 Å². The highest BCUT2D eigenvalue weighted by atomic mass is 31.1. The molecule has 2 aliphatic rings. The van der Waals surface area contributed by atoms with E-state index in [1.165, 1.54) is 93.6 Å². The Morgan fingerprint density at radius 1 is 0.600 bits per heavy atom. The van der Waals surface area contributed by atoms with Crippen LogP contribution in [-0.4, -0.2) is 15.9 Å². The number of hydrogen-bond acceptors (Lipinski definition) is 0. The molecule has 2 fully saturated rings. The predicted molar refractivity (Wildman–Crippen MR) is 133 cm³/mol. The molecule has 0 amide bonds. The maximum absolute atomic E-state index is 2.65. The Kier molecular flexibility index (Phi) is 6.57. The SMILES string of the molecule is c1ccc(-n2c(P(C3CCCCCC3)C3CCCCCC3)cc3ccccc32)cc1. The van der Waals surface area contributed by atoms with E-state index in [1.54, 1.807) is 5.44 Å². The van der Waals surface area contributed by atoms with Crippen molar-refractivity contribution in [3.63, 3.8) is 0 Å². The molecule has 5 rings (SSSR count). The van der Waals surface area contributed by atoms with Crippen molar-refractivity contribution in [1.29, 1.82) is 0 Å². The highest BCUT2D eigenvalue weighted by Gasteiger charge is 2.34. The van der Waals surface area contributed by atoms with Crippen LogP contribution in [0.1, 0.15) is 77.0 Å². The van der Waals surface area contributed by atoms with Gasteiger partial charge in [-0.1, -0.05) is 95.7 Å². The average Bonchev–Trinajstić information content (AvgIpc) is 2.98. The highest BCUT2D eigenvalue weighted by molar-refractivity contribution is 7.66. The lowest BCUT2D eigenvalue weighted by atomic mass is 10.2. The molecule has 0 bridgehead atoms. The first-order chi connectivity index (χ1) is 14.9. The first-order valence-corrected chi connectivity index (χ1v) is 13.8. The minimum Gasteiger partial charge on any atom is -0.310 e. The minimum atomic E-state index is -0.154. The van der Waals surface area contributed by atoms with Gasteiger partial charge in [-0.25, -0.2) is 0 Å². The molecule has 0 radical (unpaired) electrons. The lowest BCUT2D eigenvalue weighted by Crippen LogP contribution is -2.26. The van der Waals surface area contributed by atoms with E-state index in [4.69, 9.17) is 0 Å². The Labute approximate surface area is 183 Å². The van der Waals surface area contributed by atoms with Gasteiger partial charge in [-0.2, -0.15) is 0 Å². The van der Waals surface area contributed by atoms with Crippen LogP contribution in [0.15, 0.2) is 60.7 Å². The van der Waals surface area contributed by atoms with E-state index in [0.29, 0.717) is 0 Å².